The Bertz CT molecular complexity index is 4380. The van der Waals surface area contributed by atoms with E-state index in [0.29, 0.717) is 46.9 Å². The molecule has 0 bridgehead atoms. The number of aryl methyl sites for hydroxylation is 5. The van der Waals surface area contributed by atoms with Crippen LogP contribution in [0.3, 0.4) is 0 Å². The number of halogens is 4. The molecular weight excluding hydrogens is 1250 g/mol. The molecule has 18 heteroatoms. The van der Waals surface area contributed by atoms with Gasteiger partial charge in [0.2, 0.25) is 0 Å². The van der Waals surface area contributed by atoms with E-state index < -0.39 is 11.9 Å². The number of methoxy groups -OCH3 is 2. The number of hydrogen-bond donors (Lipinski definition) is 0. The molecule has 0 atom stereocenters. The molecule has 0 N–H and O–H groups in total. The van der Waals surface area contributed by atoms with Crippen molar-refractivity contribution in [2.45, 2.75) is 166 Å². The summed E-state index contributed by atoms with van der Waals surface area (Å²) < 4.78 is 73.2. The van der Waals surface area contributed by atoms with Gasteiger partial charge in [-0.3, -0.25) is 0 Å². The van der Waals surface area contributed by atoms with Crippen molar-refractivity contribution in [3.8, 4) is 45.6 Å². The molecule has 6 aromatic carbocycles. The summed E-state index contributed by atoms with van der Waals surface area (Å²) in [5.41, 5.74) is 17.4. The summed E-state index contributed by atoms with van der Waals surface area (Å²) in [7, 11) is 3.40. The van der Waals surface area contributed by atoms with E-state index in [0.717, 1.165) is 68.8 Å². The molecule has 0 saturated carbocycles. The van der Waals surface area contributed by atoms with Crippen molar-refractivity contribution in [2.24, 2.45) is 0 Å². The Kier molecular flexibility index (Phi) is 26.9. The van der Waals surface area contributed by atoms with Crippen molar-refractivity contribution in [3.05, 3.63) is 275 Å². The predicted molar refractivity (Wildman–Crippen MR) is 392 cm³/mol. The largest absolute Gasteiger partial charge is 0.495 e. The minimum absolute atomic E-state index is 0.205. The number of nitrogens with zero attached hydrogens (tertiary/aromatic N) is 12. The minimum Gasteiger partial charge on any atom is -0.495 e. The highest BCUT2D eigenvalue weighted by atomic mass is 19.4. The second kappa shape index (κ2) is 34.9. The summed E-state index contributed by atoms with van der Waals surface area (Å²) in [4.78, 5) is 24.4. The van der Waals surface area contributed by atoms with E-state index in [1.807, 2.05) is 93.2 Å². The molecule has 0 radical (unpaired) electrons. The lowest BCUT2D eigenvalue weighted by molar-refractivity contribution is -0.140. The monoisotopic (exact) mass is 1350 g/mol. The van der Waals surface area contributed by atoms with Gasteiger partial charge in [-0.05, 0) is 183 Å². The lowest BCUT2D eigenvalue weighted by atomic mass is 10.0. The highest BCUT2D eigenvalue weighted by Crippen LogP contribution is 2.31. The van der Waals surface area contributed by atoms with Crippen LogP contribution >= 0.6 is 0 Å². The zero-order chi connectivity index (χ0) is 72.4. The van der Waals surface area contributed by atoms with Crippen LogP contribution < -0.4 is 9.47 Å². The molecule has 6 aromatic heterocycles. The van der Waals surface area contributed by atoms with E-state index in [9.17, 15) is 17.6 Å². The maximum absolute atomic E-state index is 13.9. The summed E-state index contributed by atoms with van der Waals surface area (Å²) in [6, 6.07) is 42.7. The van der Waals surface area contributed by atoms with Crippen LogP contribution in [0, 0.1) is 47.4 Å². The summed E-state index contributed by atoms with van der Waals surface area (Å²) >= 11 is 0. The molecule has 14 nitrogen and oxygen atoms in total. The Morgan fingerprint density at radius 1 is 0.384 bits per heavy atom. The van der Waals surface area contributed by atoms with E-state index in [2.05, 4.69) is 220 Å². The first-order chi connectivity index (χ1) is 47.0. The summed E-state index contributed by atoms with van der Waals surface area (Å²) in [6.07, 6.45) is 14.4. The zero-order valence-electron chi connectivity index (χ0n) is 61.1. The van der Waals surface area contributed by atoms with E-state index >= 15 is 0 Å². The molecule has 0 aliphatic heterocycles. The van der Waals surface area contributed by atoms with Crippen LogP contribution in [0.2, 0.25) is 0 Å². The molecule has 6 heterocycles. The highest BCUT2D eigenvalue weighted by Gasteiger charge is 2.33. The fourth-order valence-electron chi connectivity index (χ4n) is 10.5. The second-order valence-corrected chi connectivity index (χ2v) is 26.3. The molecule has 0 saturated heterocycles. The van der Waals surface area contributed by atoms with E-state index in [1.54, 1.807) is 61.9 Å². The standard InChI is InChI=1S/C14H18N2O.2C14H18N2.C13H13F3N2.C13H15FN2.C13H16N2O/c1-10(2)12-5-6-13(14(7-12)17-4)16-8-11(3)15-9-16;1-10(2)13-5-7-14(8-6-13)16-9-15-11(3)12(16)4;1-10(2)13-5-7-14(8-6-13)16-9-11(3)15-12(16)4;1-9(2)10-3-5-11(6-4-10)18-7-12(17-8-18)13(14,15)16;1-9(2)11-4-5-13(12(14)6-11)16-7-10(3)15-8-16;1-10(2)11-4-5-12(13(8-11)16-3)15-7-6-14-9-15/h5-10H,1-4H3;2*5-10H,1-4H3;3-9H,1-2H3;4-9H,1-3H3;4-10H,1-3H3. The van der Waals surface area contributed by atoms with Crippen LogP contribution in [-0.4, -0.2) is 71.5 Å². The third-order valence-corrected chi connectivity index (χ3v) is 16.8. The Labute approximate surface area is 583 Å². The van der Waals surface area contributed by atoms with Crippen molar-refractivity contribution in [2.75, 3.05) is 14.2 Å². The van der Waals surface area contributed by atoms with Crippen LogP contribution in [0.15, 0.2) is 196 Å². The molecule has 99 heavy (non-hydrogen) atoms. The number of hydrogen-bond acceptors (Lipinski definition) is 8. The average Bonchev–Trinajstić information content (AvgIpc) is 1.85. The van der Waals surface area contributed by atoms with Gasteiger partial charge in [-0.2, -0.15) is 13.2 Å². The van der Waals surface area contributed by atoms with Gasteiger partial charge in [0.1, 0.15) is 23.1 Å². The van der Waals surface area contributed by atoms with Gasteiger partial charge in [0.25, 0.3) is 0 Å². The van der Waals surface area contributed by atoms with Crippen LogP contribution in [0.25, 0.3) is 34.1 Å². The average molecular weight is 1350 g/mol. The third kappa shape index (κ3) is 21.0. The highest BCUT2D eigenvalue weighted by molar-refractivity contribution is 5.51. The van der Waals surface area contributed by atoms with Gasteiger partial charge in [0.05, 0.1) is 85.7 Å². The van der Waals surface area contributed by atoms with Crippen LogP contribution in [-0.2, 0) is 6.18 Å². The second-order valence-electron chi connectivity index (χ2n) is 26.3. The van der Waals surface area contributed by atoms with Crippen molar-refractivity contribution in [1.82, 2.24) is 57.3 Å². The van der Waals surface area contributed by atoms with Gasteiger partial charge in [0, 0.05) is 59.9 Å². The molecule has 12 aromatic rings. The SMILES string of the molecule is CC(C)c1ccc(-n2cnc(C(F)(F)F)c2)cc1.COc1cc(C(C)C)ccc1-n1ccnc1.COc1cc(C(C)C)ccc1-n1cnc(C)c1.Cc1cn(-c2ccc(C(C)C)cc2)c(C)n1.Cc1cn(-c2ccc(C(C)C)cc2F)cn1.Cc1ncn(-c2ccc(C(C)C)cc2)c1C. The van der Waals surface area contributed by atoms with Gasteiger partial charge in [-0.25, -0.2) is 34.3 Å². The van der Waals surface area contributed by atoms with Crippen molar-refractivity contribution in [3.63, 3.8) is 0 Å². The van der Waals surface area contributed by atoms with Crippen molar-refractivity contribution < 1.29 is 27.0 Å². The zero-order valence-corrected chi connectivity index (χ0v) is 61.1. The van der Waals surface area contributed by atoms with Gasteiger partial charge >= 0.3 is 6.18 Å². The first kappa shape index (κ1) is 76.3. The summed E-state index contributed by atoms with van der Waals surface area (Å²) in [6.45, 7) is 37.8. The molecule has 0 aliphatic rings. The number of ether oxygens (including phenoxy) is 2. The van der Waals surface area contributed by atoms with E-state index in [1.165, 1.54) is 50.2 Å². The Hall–Kier alpha value is -10.1. The molecule has 0 spiro atoms. The normalized spacial score (nSPS) is 11.2. The first-order valence-electron chi connectivity index (χ1n) is 33.6. The number of aromatic nitrogens is 12. The maximum atomic E-state index is 13.9. The van der Waals surface area contributed by atoms with Crippen LogP contribution in [0.4, 0.5) is 17.6 Å². The van der Waals surface area contributed by atoms with Gasteiger partial charge < -0.3 is 36.9 Å². The predicted octanol–water partition coefficient (Wildman–Crippen LogP) is 21.0. The quantitative estimate of drug-likeness (QED) is 0.0986. The van der Waals surface area contributed by atoms with Gasteiger partial charge in [0.15, 0.2) is 5.69 Å². The van der Waals surface area contributed by atoms with E-state index in [-0.39, 0.29) is 5.82 Å². The molecule has 0 amide bonds. The van der Waals surface area contributed by atoms with Crippen molar-refractivity contribution in [1.29, 1.82) is 0 Å². The Balaban J connectivity index is 0.000000167. The summed E-state index contributed by atoms with van der Waals surface area (Å²) in [5, 5.41) is 0. The first-order valence-corrected chi connectivity index (χ1v) is 33.6. The lowest BCUT2D eigenvalue weighted by Crippen LogP contribution is -2.04. The summed E-state index contributed by atoms with van der Waals surface area (Å²) in [5.74, 6) is 5.50. The van der Waals surface area contributed by atoms with Crippen LogP contribution in [0.5, 0.6) is 11.5 Å². The number of imidazole rings is 6. The maximum Gasteiger partial charge on any atom is 0.434 e. The fourth-order valence-corrected chi connectivity index (χ4v) is 10.5. The van der Waals surface area contributed by atoms with Crippen molar-refractivity contribution >= 4 is 0 Å². The molecule has 0 unspecified atom stereocenters. The van der Waals surface area contributed by atoms with Gasteiger partial charge in [-0.15, -0.1) is 0 Å². The molecule has 0 fully saturated rings. The van der Waals surface area contributed by atoms with Gasteiger partial charge in [-0.1, -0.05) is 138 Å². The molecule has 0 aliphatic carbocycles. The Morgan fingerprint density at radius 2 is 0.788 bits per heavy atom. The number of benzene rings is 6. The fraction of sp³-hybridized carbons (Fsp3) is 0.333. The number of alkyl halides is 3. The number of rotatable bonds is 14. The minimum atomic E-state index is -4.40. The topological polar surface area (TPSA) is 125 Å². The van der Waals surface area contributed by atoms with Crippen LogP contribution in [0.1, 0.15) is 192 Å². The smallest absolute Gasteiger partial charge is 0.434 e. The molecule has 522 valence electrons. The third-order valence-electron chi connectivity index (χ3n) is 16.8. The Morgan fingerprint density at radius 3 is 1.14 bits per heavy atom. The molecule has 12 rings (SSSR count). The van der Waals surface area contributed by atoms with E-state index in [4.69, 9.17) is 9.47 Å². The molecular formula is C81H98F4N12O2. The lowest BCUT2D eigenvalue weighted by Gasteiger charge is -2.12.